The molecule has 8 heteroatoms. The van der Waals surface area contributed by atoms with Crippen molar-refractivity contribution in [3.05, 3.63) is 48.3 Å². The average Bonchev–Trinajstić information content (AvgIpc) is 3.40. The SMILES string of the molecule is CC(C)(C)OC(=O)N1C2CCC(C2)C1C(=O)NC(C#N)Cc1ccc(-c2ccnnc2)cc1. The average molecular weight is 448 g/mol. The number of fused-ring (bicyclic) bond motifs is 2. The van der Waals surface area contributed by atoms with Crippen molar-refractivity contribution < 1.29 is 14.3 Å². The van der Waals surface area contributed by atoms with E-state index in [0.717, 1.165) is 36.0 Å². The van der Waals surface area contributed by atoms with Crippen molar-refractivity contribution in [2.45, 2.75) is 70.2 Å². The minimum absolute atomic E-state index is 0.0244. The van der Waals surface area contributed by atoms with Gasteiger partial charge in [0.15, 0.2) is 0 Å². The van der Waals surface area contributed by atoms with E-state index in [-0.39, 0.29) is 17.9 Å². The summed E-state index contributed by atoms with van der Waals surface area (Å²) in [4.78, 5) is 27.6. The summed E-state index contributed by atoms with van der Waals surface area (Å²) in [6, 6.07) is 10.6. The fraction of sp³-hybridized carbons (Fsp3) is 0.480. The van der Waals surface area contributed by atoms with Gasteiger partial charge in [-0.15, -0.1) is 0 Å². The highest BCUT2D eigenvalue weighted by Crippen LogP contribution is 2.43. The van der Waals surface area contributed by atoms with Crippen LogP contribution >= 0.6 is 0 Å². The first kappa shape index (κ1) is 22.7. The minimum Gasteiger partial charge on any atom is -0.444 e. The number of hydrogen-bond donors (Lipinski definition) is 1. The van der Waals surface area contributed by atoms with Crippen LogP contribution in [0.4, 0.5) is 4.79 Å². The lowest BCUT2D eigenvalue weighted by Gasteiger charge is -2.35. The number of carbonyl (C=O) groups excluding carboxylic acids is 2. The second-order valence-corrected chi connectivity index (χ2v) is 9.78. The third-order valence-corrected chi connectivity index (χ3v) is 6.24. The first-order valence-corrected chi connectivity index (χ1v) is 11.3. The molecule has 4 rings (SSSR count). The zero-order chi connectivity index (χ0) is 23.6. The molecule has 2 amide bonds. The van der Waals surface area contributed by atoms with E-state index >= 15 is 0 Å². The lowest BCUT2D eigenvalue weighted by molar-refractivity contribution is -0.128. The van der Waals surface area contributed by atoms with Crippen LogP contribution in [0.25, 0.3) is 11.1 Å². The molecule has 1 saturated heterocycles. The minimum atomic E-state index is -0.689. The molecule has 172 valence electrons. The zero-order valence-electron chi connectivity index (χ0n) is 19.2. The number of benzene rings is 1. The van der Waals surface area contributed by atoms with E-state index in [0.29, 0.717) is 6.42 Å². The smallest absolute Gasteiger partial charge is 0.411 e. The Balaban J connectivity index is 1.42. The van der Waals surface area contributed by atoms with Crippen molar-refractivity contribution in [2.75, 3.05) is 0 Å². The van der Waals surface area contributed by atoms with Gasteiger partial charge in [-0.2, -0.15) is 15.5 Å². The number of rotatable bonds is 5. The van der Waals surface area contributed by atoms with Crippen molar-refractivity contribution in [3.8, 4) is 17.2 Å². The summed E-state index contributed by atoms with van der Waals surface area (Å²) in [5, 5.41) is 20.2. The van der Waals surface area contributed by atoms with E-state index in [1.807, 2.05) is 51.1 Å². The van der Waals surface area contributed by atoms with Crippen LogP contribution in [0.1, 0.15) is 45.6 Å². The number of aromatic nitrogens is 2. The molecule has 2 heterocycles. The molecule has 0 radical (unpaired) electrons. The lowest BCUT2D eigenvalue weighted by Crippen LogP contribution is -2.55. The van der Waals surface area contributed by atoms with Crippen molar-refractivity contribution in [1.29, 1.82) is 5.26 Å². The maximum Gasteiger partial charge on any atom is 0.411 e. The third-order valence-electron chi connectivity index (χ3n) is 6.24. The summed E-state index contributed by atoms with van der Waals surface area (Å²) >= 11 is 0. The van der Waals surface area contributed by atoms with Gasteiger partial charge < -0.3 is 10.1 Å². The number of hydrogen-bond acceptors (Lipinski definition) is 6. The number of amides is 2. The fourth-order valence-corrected chi connectivity index (χ4v) is 4.82. The highest BCUT2D eigenvalue weighted by molar-refractivity contribution is 5.87. The Kier molecular flexibility index (Phi) is 6.32. The highest BCUT2D eigenvalue weighted by Gasteiger charge is 2.52. The maximum absolute atomic E-state index is 13.2. The Hall–Kier alpha value is -3.47. The first-order chi connectivity index (χ1) is 15.7. The van der Waals surface area contributed by atoms with Crippen LogP contribution in [0, 0.1) is 17.2 Å². The molecule has 4 unspecified atom stereocenters. The first-order valence-electron chi connectivity index (χ1n) is 11.3. The number of ether oxygens (including phenoxy) is 1. The Morgan fingerprint density at radius 2 is 1.94 bits per heavy atom. The molecule has 0 spiro atoms. The molecule has 4 atom stereocenters. The highest BCUT2D eigenvalue weighted by atomic mass is 16.6. The summed E-state index contributed by atoms with van der Waals surface area (Å²) in [7, 11) is 0. The van der Waals surface area contributed by atoms with E-state index in [4.69, 9.17) is 4.74 Å². The number of nitrogens with zero attached hydrogens (tertiary/aromatic N) is 4. The Labute approximate surface area is 193 Å². The van der Waals surface area contributed by atoms with Gasteiger partial charge in [0, 0.05) is 18.0 Å². The van der Waals surface area contributed by atoms with Gasteiger partial charge in [-0.1, -0.05) is 24.3 Å². The Bertz CT molecular complexity index is 1040. The molecule has 2 aliphatic rings. The second kappa shape index (κ2) is 9.18. The number of nitrogens with one attached hydrogen (secondary N) is 1. The molecular formula is C25H29N5O3. The number of carbonyl (C=O) groups is 2. The van der Waals surface area contributed by atoms with Crippen LogP contribution in [0.5, 0.6) is 0 Å². The number of nitriles is 1. The van der Waals surface area contributed by atoms with Gasteiger partial charge in [0.1, 0.15) is 17.7 Å². The largest absolute Gasteiger partial charge is 0.444 e. The van der Waals surface area contributed by atoms with Gasteiger partial charge in [0.05, 0.1) is 18.5 Å². The van der Waals surface area contributed by atoms with Crippen molar-refractivity contribution in [2.24, 2.45) is 5.92 Å². The molecule has 1 aliphatic heterocycles. The number of likely N-dealkylation sites (tertiary alicyclic amines) is 1. The summed E-state index contributed by atoms with van der Waals surface area (Å²) in [6.45, 7) is 5.45. The van der Waals surface area contributed by atoms with Gasteiger partial charge in [-0.25, -0.2) is 4.79 Å². The lowest BCUT2D eigenvalue weighted by atomic mass is 9.97. The molecular weight excluding hydrogens is 418 g/mol. The summed E-state index contributed by atoms with van der Waals surface area (Å²) in [6.07, 6.45) is 5.85. The van der Waals surface area contributed by atoms with Gasteiger partial charge in [0.2, 0.25) is 5.91 Å². The molecule has 1 aromatic heterocycles. The van der Waals surface area contributed by atoms with E-state index in [1.54, 1.807) is 17.3 Å². The maximum atomic E-state index is 13.2. The van der Waals surface area contributed by atoms with Crippen molar-refractivity contribution in [3.63, 3.8) is 0 Å². The molecule has 1 N–H and O–H groups in total. The van der Waals surface area contributed by atoms with Crippen LogP contribution in [0.2, 0.25) is 0 Å². The van der Waals surface area contributed by atoms with E-state index in [9.17, 15) is 14.9 Å². The van der Waals surface area contributed by atoms with Crippen LogP contribution in [0.3, 0.4) is 0 Å². The summed E-state index contributed by atoms with van der Waals surface area (Å²) < 4.78 is 5.56. The van der Waals surface area contributed by atoms with E-state index < -0.39 is 23.8 Å². The Morgan fingerprint density at radius 1 is 1.18 bits per heavy atom. The second-order valence-electron chi connectivity index (χ2n) is 9.78. The standard InChI is InChI=1S/C25H29N5O3/c1-25(2,3)33-24(32)30-21-9-8-18(13-21)22(30)23(31)29-20(14-26)12-16-4-6-17(7-5-16)19-10-11-27-28-15-19/h4-7,10-11,15,18,20-22H,8-9,12-13H2,1-3H3,(H,29,31). The normalized spacial score (nSPS) is 22.5. The monoisotopic (exact) mass is 447 g/mol. The third kappa shape index (κ3) is 5.14. The molecule has 8 nitrogen and oxygen atoms in total. The molecule has 1 aromatic carbocycles. The molecule has 2 bridgehead atoms. The van der Waals surface area contributed by atoms with Gasteiger partial charge in [0.25, 0.3) is 0 Å². The molecule has 1 aliphatic carbocycles. The van der Waals surface area contributed by atoms with Gasteiger partial charge in [-0.05, 0) is 63.1 Å². The van der Waals surface area contributed by atoms with Crippen LogP contribution < -0.4 is 5.32 Å². The quantitative estimate of drug-likeness (QED) is 0.752. The topological polar surface area (TPSA) is 108 Å². The summed E-state index contributed by atoms with van der Waals surface area (Å²) in [5.41, 5.74) is 2.26. The van der Waals surface area contributed by atoms with E-state index in [1.165, 1.54) is 0 Å². The Morgan fingerprint density at radius 3 is 2.58 bits per heavy atom. The predicted octanol–water partition coefficient (Wildman–Crippen LogP) is 3.48. The molecule has 2 aromatic rings. The van der Waals surface area contributed by atoms with Crippen molar-refractivity contribution in [1.82, 2.24) is 20.4 Å². The predicted molar refractivity (Wildman–Crippen MR) is 122 cm³/mol. The van der Waals surface area contributed by atoms with E-state index in [2.05, 4.69) is 21.6 Å². The zero-order valence-corrected chi connectivity index (χ0v) is 19.2. The van der Waals surface area contributed by atoms with Crippen LogP contribution in [-0.2, 0) is 16.0 Å². The summed E-state index contributed by atoms with van der Waals surface area (Å²) in [5.74, 6) is -0.172. The number of piperidine rings is 1. The van der Waals surface area contributed by atoms with Crippen LogP contribution in [-0.4, -0.2) is 50.8 Å². The fourth-order valence-electron chi connectivity index (χ4n) is 4.82. The van der Waals surface area contributed by atoms with Gasteiger partial charge in [-0.3, -0.25) is 9.69 Å². The van der Waals surface area contributed by atoms with Gasteiger partial charge >= 0.3 is 6.09 Å². The molecule has 2 fully saturated rings. The molecule has 1 saturated carbocycles. The molecule has 33 heavy (non-hydrogen) atoms. The van der Waals surface area contributed by atoms with Crippen LogP contribution in [0.15, 0.2) is 42.7 Å². The van der Waals surface area contributed by atoms with Crippen molar-refractivity contribution >= 4 is 12.0 Å².